The molecule has 50 heavy (non-hydrogen) atoms. The van der Waals surface area contributed by atoms with Crippen molar-refractivity contribution in [1.29, 1.82) is 0 Å². The van der Waals surface area contributed by atoms with Crippen LogP contribution in [0, 0.1) is 11.8 Å². The summed E-state index contributed by atoms with van der Waals surface area (Å²) in [5.74, 6) is -3.50. The van der Waals surface area contributed by atoms with Gasteiger partial charge < -0.3 is 29.7 Å². The van der Waals surface area contributed by atoms with E-state index in [1.807, 2.05) is 67.6 Å². The number of allylic oxidation sites excluding steroid dienone is 1. The van der Waals surface area contributed by atoms with Crippen LogP contribution in [0.1, 0.15) is 82.6 Å². The molecule has 1 unspecified atom stereocenters. The topological polar surface area (TPSA) is 125 Å². The molecule has 0 radical (unpaired) electrons. The van der Waals surface area contributed by atoms with E-state index in [1.54, 1.807) is 24.0 Å². The summed E-state index contributed by atoms with van der Waals surface area (Å²) >= 11 is 0. The van der Waals surface area contributed by atoms with Gasteiger partial charge in [0.1, 0.15) is 17.7 Å². The highest BCUT2D eigenvalue weighted by atomic mass is 16.6. The minimum absolute atomic E-state index is 0.142. The van der Waals surface area contributed by atoms with Crippen molar-refractivity contribution in [2.45, 2.75) is 101 Å². The number of carbonyl (C=O) groups excluding carboxylic acids is 4. The van der Waals surface area contributed by atoms with Crippen LogP contribution in [0.3, 0.4) is 0 Å². The van der Waals surface area contributed by atoms with Gasteiger partial charge in [-0.3, -0.25) is 19.2 Å². The van der Waals surface area contributed by atoms with E-state index in [-0.39, 0.29) is 30.8 Å². The molecule has 2 aromatic carbocycles. The van der Waals surface area contributed by atoms with Crippen LogP contribution in [0.25, 0.3) is 0 Å². The molecule has 0 aromatic heterocycles. The fourth-order valence-electron chi connectivity index (χ4n) is 8.30. The molecule has 3 amide bonds. The fraction of sp³-hybridized carbons (Fsp3) is 0.500. The molecule has 3 heterocycles. The molecule has 2 aromatic rings. The third kappa shape index (κ3) is 7.01. The van der Waals surface area contributed by atoms with E-state index in [0.717, 1.165) is 12.8 Å². The highest BCUT2D eigenvalue weighted by Gasteiger charge is 2.76. The van der Waals surface area contributed by atoms with Gasteiger partial charge >= 0.3 is 5.97 Å². The lowest BCUT2D eigenvalue weighted by Crippen LogP contribution is -2.58. The number of esters is 1. The largest absolute Gasteiger partial charge is 0.455 e. The SMILES string of the molecule is C=CCCC(=O)N[C@@H](C)[C@H](OC(=O)[C@@H]1[C@H]2C(=O)N([C@H](CO)c3ccccc3)[C@H](C(=O)N(CC=C)C(C)CCC)[C@]23CC[C@H]1O3)c1ccccc1. The second-order valence-corrected chi connectivity index (χ2v) is 13.8. The van der Waals surface area contributed by atoms with Crippen LogP contribution in [0.15, 0.2) is 86.0 Å². The van der Waals surface area contributed by atoms with Gasteiger partial charge in [-0.15, -0.1) is 13.2 Å². The molecule has 3 aliphatic rings. The molecule has 10 nitrogen and oxygen atoms in total. The van der Waals surface area contributed by atoms with Gasteiger partial charge in [-0.1, -0.05) is 86.2 Å². The van der Waals surface area contributed by atoms with Crippen LogP contribution in [-0.2, 0) is 28.7 Å². The van der Waals surface area contributed by atoms with E-state index in [1.165, 1.54) is 4.90 Å². The standard InChI is InChI=1S/C40H51N3O7/c1-6-9-21-32(45)41-27(5)35(29-19-14-11-15-20-29)49-39(48)33-31-22-23-40(50-31)34(33)37(46)43(30(25-44)28-17-12-10-13-18-28)36(40)38(47)42(24-8-3)26(4)16-7-2/h6,8,10-15,17-20,26-27,30-31,33-36,44H,1,3,7,9,16,21-25H2,2,4-5H3,(H,41,45)/t26?,27-,30+,31+,33-,34-,35-,36+,40-/m0/s1. The Morgan fingerprint density at radius 2 is 1.74 bits per heavy atom. The quantitative estimate of drug-likeness (QED) is 0.176. The zero-order valence-corrected chi connectivity index (χ0v) is 29.4. The first-order valence-corrected chi connectivity index (χ1v) is 17.9. The Labute approximate surface area is 295 Å². The lowest BCUT2D eigenvalue weighted by molar-refractivity contribution is -0.162. The van der Waals surface area contributed by atoms with E-state index in [0.29, 0.717) is 30.4 Å². The first kappa shape index (κ1) is 37.0. The van der Waals surface area contributed by atoms with Crippen molar-refractivity contribution in [3.8, 4) is 0 Å². The van der Waals surface area contributed by atoms with Crippen LogP contribution >= 0.6 is 0 Å². The molecule has 1 spiro atoms. The third-order valence-corrected chi connectivity index (χ3v) is 10.6. The molecule has 3 aliphatic heterocycles. The highest BCUT2D eigenvalue weighted by Crippen LogP contribution is 2.60. The predicted octanol–water partition coefficient (Wildman–Crippen LogP) is 5.05. The van der Waals surface area contributed by atoms with Gasteiger partial charge in [0.2, 0.25) is 17.7 Å². The number of hydrogen-bond acceptors (Lipinski definition) is 7. The molecule has 2 N–H and O–H groups in total. The van der Waals surface area contributed by atoms with Crippen LogP contribution < -0.4 is 5.32 Å². The summed E-state index contributed by atoms with van der Waals surface area (Å²) in [6, 6.07) is 15.7. The summed E-state index contributed by atoms with van der Waals surface area (Å²) in [6.45, 7) is 13.2. The maximum atomic E-state index is 14.9. The van der Waals surface area contributed by atoms with E-state index in [9.17, 15) is 24.3 Å². The van der Waals surface area contributed by atoms with Gasteiger partial charge in [0.25, 0.3) is 0 Å². The number of benzene rings is 2. The van der Waals surface area contributed by atoms with Crippen molar-refractivity contribution in [2.75, 3.05) is 13.2 Å². The molecular weight excluding hydrogens is 634 g/mol. The molecule has 5 rings (SSSR count). The molecule has 3 fully saturated rings. The normalized spacial score (nSPS) is 26.0. The van der Waals surface area contributed by atoms with Crippen molar-refractivity contribution in [2.24, 2.45) is 11.8 Å². The summed E-state index contributed by atoms with van der Waals surface area (Å²) in [7, 11) is 0. The van der Waals surface area contributed by atoms with Gasteiger partial charge in [0, 0.05) is 19.0 Å². The number of nitrogens with zero attached hydrogens (tertiary/aromatic N) is 2. The van der Waals surface area contributed by atoms with E-state index < -0.39 is 66.3 Å². The summed E-state index contributed by atoms with van der Waals surface area (Å²) in [5, 5.41) is 13.8. The summed E-state index contributed by atoms with van der Waals surface area (Å²) in [5.41, 5.74) is 0.0780. The highest BCUT2D eigenvalue weighted by molar-refractivity contribution is 5.98. The zero-order chi connectivity index (χ0) is 36.0. The molecule has 0 saturated carbocycles. The fourth-order valence-corrected chi connectivity index (χ4v) is 8.30. The number of aliphatic hydroxyl groups is 1. The summed E-state index contributed by atoms with van der Waals surface area (Å²) in [6.07, 6.45) is 5.10. The lowest BCUT2D eigenvalue weighted by Gasteiger charge is -2.41. The first-order valence-electron chi connectivity index (χ1n) is 17.9. The van der Waals surface area contributed by atoms with Crippen LogP contribution in [0.2, 0.25) is 0 Å². The van der Waals surface area contributed by atoms with E-state index >= 15 is 0 Å². The molecule has 2 bridgehead atoms. The van der Waals surface area contributed by atoms with Crippen molar-refractivity contribution in [3.63, 3.8) is 0 Å². The number of amides is 3. The van der Waals surface area contributed by atoms with Gasteiger partial charge in [-0.25, -0.2) is 0 Å². The Bertz CT molecular complexity index is 1530. The van der Waals surface area contributed by atoms with E-state index in [4.69, 9.17) is 9.47 Å². The van der Waals surface area contributed by atoms with Crippen LogP contribution in [0.5, 0.6) is 0 Å². The second kappa shape index (κ2) is 16.2. The maximum Gasteiger partial charge on any atom is 0.313 e. The number of ether oxygens (including phenoxy) is 2. The van der Waals surface area contributed by atoms with Gasteiger partial charge in [0.15, 0.2) is 0 Å². The predicted molar refractivity (Wildman–Crippen MR) is 189 cm³/mol. The molecule has 0 aliphatic carbocycles. The van der Waals surface area contributed by atoms with Crippen molar-refractivity contribution in [3.05, 3.63) is 97.1 Å². The Morgan fingerprint density at radius 1 is 1.08 bits per heavy atom. The molecule has 9 atom stereocenters. The van der Waals surface area contributed by atoms with Crippen LogP contribution in [-0.4, -0.2) is 81.6 Å². The molecule has 268 valence electrons. The molecular formula is C40H51N3O7. The maximum absolute atomic E-state index is 14.9. The van der Waals surface area contributed by atoms with E-state index in [2.05, 4.69) is 25.4 Å². The number of fused-ring (bicyclic) bond motifs is 1. The van der Waals surface area contributed by atoms with Crippen LogP contribution in [0.4, 0.5) is 0 Å². The Morgan fingerprint density at radius 3 is 2.34 bits per heavy atom. The number of likely N-dealkylation sites (tertiary alicyclic amines) is 1. The van der Waals surface area contributed by atoms with Crippen molar-refractivity contribution >= 4 is 23.7 Å². The number of hydrogen-bond donors (Lipinski definition) is 2. The number of nitrogens with one attached hydrogen (secondary N) is 1. The van der Waals surface area contributed by atoms with Crippen molar-refractivity contribution < 1.29 is 33.8 Å². The first-order chi connectivity index (χ1) is 24.1. The molecule has 10 heteroatoms. The van der Waals surface area contributed by atoms with Gasteiger partial charge in [0.05, 0.1) is 36.6 Å². The summed E-state index contributed by atoms with van der Waals surface area (Å²) < 4.78 is 13.0. The minimum atomic E-state index is -1.29. The Hall–Kier alpha value is -4.28. The number of carbonyl (C=O) groups is 4. The number of rotatable bonds is 17. The van der Waals surface area contributed by atoms with Gasteiger partial charge in [-0.05, 0) is 50.7 Å². The monoisotopic (exact) mass is 685 g/mol. The summed E-state index contributed by atoms with van der Waals surface area (Å²) in [4.78, 5) is 60.1. The Kier molecular flexibility index (Phi) is 12.0. The smallest absolute Gasteiger partial charge is 0.313 e. The minimum Gasteiger partial charge on any atom is -0.455 e. The van der Waals surface area contributed by atoms with Crippen molar-refractivity contribution in [1.82, 2.24) is 15.1 Å². The average Bonchev–Trinajstić information content (AvgIpc) is 3.77. The lowest BCUT2D eigenvalue weighted by atomic mass is 9.70. The third-order valence-electron chi connectivity index (χ3n) is 10.6. The zero-order valence-electron chi connectivity index (χ0n) is 29.4. The van der Waals surface area contributed by atoms with Gasteiger partial charge in [-0.2, -0.15) is 0 Å². The number of aliphatic hydroxyl groups excluding tert-OH is 1. The average molecular weight is 686 g/mol. The molecule has 3 saturated heterocycles. The second-order valence-electron chi connectivity index (χ2n) is 13.8. The Balaban J connectivity index is 1.53.